The highest BCUT2D eigenvalue weighted by atomic mass is 127. The number of hydrogen-bond donors (Lipinski definition) is 1. The van der Waals surface area contributed by atoms with Gasteiger partial charge in [-0.1, -0.05) is 6.07 Å². The summed E-state index contributed by atoms with van der Waals surface area (Å²) in [5.74, 6) is 2.14. The molecule has 3 rings (SSSR count). The minimum atomic E-state index is 0. The number of aromatic nitrogens is 1. The van der Waals surface area contributed by atoms with E-state index < -0.39 is 0 Å². The van der Waals surface area contributed by atoms with E-state index in [0.717, 1.165) is 49.3 Å². The van der Waals surface area contributed by atoms with Crippen molar-refractivity contribution in [2.45, 2.75) is 19.9 Å². The van der Waals surface area contributed by atoms with Crippen molar-refractivity contribution >= 4 is 41.3 Å². The van der Waals surface area contributed by atoms with Crippen LogP contribution in [-0.2, 0) is 11.3 Å². The number of halogens is 1. The maximum atomic E-state index is 5.55. The van der Waals surface area contributed by atoms with E-state index in [1.54, 1.807) is 17.6 Å². The van der Waals surface area contributed by atoms with Crippen LogP contribution in [0, 0.1) is 5.92 Å². The van der Waals surface area contributed by atoms with Crippen molar-refractivity contribution in [1.82, 2.24) is 15.2 Å². The summed E-state index contributed by atoms with van der Waals surface area (Å²) in [4.78, 5) is 12.4. The van der Waals surface area contributed by atoms with Gasteiger partial charge in [0.1, 0.15) is 12.0 Å². The van der Waals surface area contributed by atoms with Gasteiger partial charge < -0.3 is 19.4 Å². The van der Waals surface area contributed by atoms with Gasteiger partial charge in [0.05, 0.1) is 18.0 Å². The first-order chi connectivity index (χ1) is 11.8. The molecule has 1 fully saturated rings. The zero-order valence-electron chi connectivity index (χ0n) is 14.6. The summed E-state index contributed by atoms with van der Waals surface area (Å²) in [6.45, 7) is 6.08. The third kappa shape index (κ3) is 5.68. The van der Waals surface area contributed by atoms with Crippen LogP contribution in [0.2, 0.25) is 0 Å². The number of nitrogens with one attached hydrogen (secondary N) is 1. The van der Waals surface area contributed by atoms with E-state index in [0.29, 0.717) is 18.4 Å². The molecule has 1 unspecified atom stereocenters. The monoisotopic (exact) mass is 476 g/mol. The minimum Gasteiger partial charge on any atom is -0.443 e. The molecule has 6 nitrogen and oxygen atoms in total. The van der Waals surface area contributed by atoms with Crippen LogP contribution < -0.4 is 5.32 Å². The predicted molar refractivity (Wildman–Crippen MR) is 112 cm³/mol. The third-order valence-corrected chi connectivity index (χ3v) is 4.78. The molecule has 0 aromatic carbocycles. The van der Waals surface area contributed by atoms with Crippen molar-refractivity contribution in [1.29, 1.82) is 0 Å². The van der Waals surface area contributed by atoms with Crippen molar-refractivity contribution in [3.05, 3.63) is 29.5 Å². The molecule has 8 heteroatoms. The Morgan fingerprint density at radius 3 is 3.08 bits per heavy atom. The van der Waals surface area contributed by atoms with E-state index in [4.69, 9.17) is 14.1 Å². The lowest BCUT2D eigenvalue weighted by Gasteiger charge is -2.24. The van der Waals surface area contributed by atoms with Gasteiger partial charge in [-0.05, 0) is 24.8 Å². The largest absolute Gasteiger partial charge is 0.443 e. The fraction of sp³-hybridized carbons (Fsp3) is 0.529. The normalized spacial score (nSPS) is 17.4. The maximum absolute atomic E-state index is 5.55. The van der Waals surface area contributed by atoms with E-state index >= 15 is 0 Å². The van der Waals surface area contributed by atoms with E-state index in [1.165, 1.54) is 0 Å². The van der Waals surface area contributed by atoms with Crippen molar-refractivity contribution < 1.29 is 9.15 Å². The van der Waals surface area contributed by atoms with E-state index in [1.807, 2.05) is 17.5 Å². The summed E-state index contributed by atoms with van der Waals surface area (Å²) in [6.07, 6.45) is 2.81. The molecule has 1 aliphatic heterocycles. The Hall–Kier alpha value is -1.13. The number of ether oxygens (including phenoxy) is 1. The van der Waals surface area contributed by atoms with Gasteiger partial charge >= 0.3 is 0 Å². The molecule has 0 bridgehead atoms. The Morgan fingerprint density at radius 1 is 1.52 bits per heavy atom. The van der Waals surface area contributed by atoms with Gasteiger partial charge in [0, 0.05) is 32.7 Å². The molecule has 138 valence electrons. The van der Waals surface area contributed by atoms with Crippen LogP contribution >= 0.6 is 35.3 Å². The zero-order chi connectivity index (χ0) is 16.8. The van der Waals surface area contributed by atoms with E-state index in [2.05, 4.69) is 29.2 Å². The van der Waals surface area contributed by atoms with Crippen molar-refractivity contribution in [2.24, 2.45) is 10.9 Å². The highest BCUT2D eigenvalue weighted by Gasteiger charge is 2.19. The molecule has 1 atom stereocenters. The number of rotatable bonds is 6. The molecule has 0 saturated carbocycles. The lowest BCUT2D eigenvalue weighted by Crippen LogP contribution is -2.41. The molecule has 25 heavy (non-hydrogen) atoms. The second kappa shape index (κ2) is 10.1. The summed E-state index contributed by atoms with van der Waals surface area (Å²) < 4.78 is 11.0. The molecule has 1 aliphatic rings. The molecule has 2 aromatic heterocycles. The van der Waals surface area contributed by atoms with Gasteiger partial charge in [0.15, 0.2) is 5.96 Å². The number of nitrogens with zero attached hydrogens (tertiary/aromatic N) is 3. The quantitative estimate of drug-likeness (QED) is 0.393. The van der Waals surface area contributed by atoms with Crippen LogP contribution in [0.15, 0.2) is 33.2 Å². The number of hydrogen-bond acceptors (Lipinski definition) is 5. The maximum Gasteiger partial charge on any atom is 0.236 e. The molecular formula is C17H25IN4O2S. The highest BCUT2D eigenvalue weighted by molar-refractivity contribution is 14.0. The van der Waals surface area contributed by atoms with Crippen LogP contribution in [0.4, 0.5) is 0 Å². The average molecular weight is 476 g/mol. The number of oxazole rings is 1. The molecule has 0 amide bonds. The lowest BCUT2D eigenvalue weighted by atomic mass is 10.1. The lowest BCUT2D eigenvalue weighted by molar-refractivity contribution is 0.181. The van der Waals surface area contributed by atoms with Gasteiger partial charge in [-0.2, -0.15) is 0 Å². The summed E-state index contributed by atoms with van der Waals surface area (Å²) in [6, 6.07) is 4.00. The van der Waals surface area contributed by atoms with Gasteiger partial charge in [0.2, 0.25) is 5.89 Å². The second-order valence-electron chi connectivity index (χ2n) is 5.90. The first kappa shape index (κ1) is 20.2. The summed E-state index contributed by atoms with van der Waals surface area (Å²) in [5.41, 5.74) is 0.839. The zero-order valence-corrected chi connectivity index (χ0v) is 17.8. The molecule has 0 radical (unpaired) electrons. The number of aliphatic imine (C=N–C) groups is 1. The van der Waals surface area contributed by atoms with Crippen LogP contribution in [0.3, 0.4) is 0 Å². The molecule has 1 saturated heterocycles. The summed E-state index contributed by atoms with van der Waals surface area (Å²) >= 11 is 1.62. The Labute approximate surface area is 169 Å². The Kier molecular flexibility index (Phi) is 8.17. The third-order valence-electron chi connectivity index (χ3n) is 3.93. The summed E-state index contributed by atoms with van der Waals surface area (Å²) in [5, 5.41) is 5.36. The SMILES string of the molecule is CCNC(=NCc1coc(-c2cccs2)n1)N(C)CC1CCOC1.I. The minimum absolute atomic E-state index is 0. The molecule has 0 spiro atoms. The van der Waals surface area contributed by atoms with Crippen molar-refractivity contribution in [3.63, 3.8) is 0 Å². The molecule has 1 N–H and O–H groups in total. The van der Waals surface area contributed by atoms with Crippen LogP contribution in [0.1, 0.15) is 19.0 Å². The van der Waals surface area contributed by atoms with Gasteiger partial charge in [-0.3, -0.25) is 0 Å². The Morgan fingerprint density at radius 2 is 2.40 bits per heavy atom. The summed E-state index contributed by atoms with van der Waals surface area (Å²) in [7, 11) is 2.07. The topological polar surface area (TPSA) is 62.9 Å². The number of thiophene rings is 1. The smallest absolute Gasteiger partial charge is 0.236 e. The fourth-order valence-electron chi connectivity index (χ4n) is 2.72. The van der Waals surface area contributed by atoms with Crippen molar-refractivity contribution in [3.8, 4) is 10.8 Å². The standard InChI is InChI=1S/C17H24N4O2S.HI/c1-3-18-17(21(2)10-13-6-7-22-11-13)19-9-14-12-23-16(20-14)15-5-4-8-24-15;/h4-5,8,12-13H,3,6-7,9-11H2,1-2H3,(H,18,19);1H. The molecule has 2 aromatic rings. The van der Waals surface area contributed by atoms with E-state index in [-0.39, 0.29) is 24.0 Å². The molecule has 3 heterocycles. The Bertz CT molecular complexity index is 653. The van der Waals surface area contributed by atoms with Gasteiger partial charge in [-0.15, -0.1) is 35.3 Å². The van der Waals surface area contributed by atoms with Gasteiger partial charge in [0.25, 0.3) is 0 Å². The molecule has 0 aliphatic carbocycles. The second-order valence-corrected chi connectivity index (χ2v) is 6.85. The first-order valence-corrected chi connectivity index (χ1v) is 9.19. The average Bonchev–Trinajstić information content (AvgIpc) is 3.32. The van der Waals surface area contributed by atoms with Crippen molar-refractivity contribution in [2.75, 3.05) is 33.4 Å². The van der Waals surface area contributed by atoms with Crippen LogP contribution in [0.25, 0.3) is 10.8 Å². The van der Waals surface area contributed by atoms with Gasteiger partial charge in [-0.25, -0.2) is 9.98 Å². The van der Waals surface area contributed by atoms with Crippen LogP contribution in [0.5, 0.6) is 0 Å². The predicted octanol–water partition coefficient (Wildman–Crippen LogP) is 3.45. The Balaban J connectivity index is 0.00000225. The molecular weight excluding hydrogens is 451 g/mol. The number of guanidine groups is 1. The fourth-order valence-corrected chi connectivity index (χ4v) is 3.38. The van der Waals surface area contributed by atoms with Crippen LogP contribution in [-0.4, -0.2) is 49.2 Å². The highest BCUT2D eigenvalue weighted by Crippen LogP contribution is 2.23. The first-order valence-electron chi connectivity index (χ1n) is 8.31. The van der Waals surface area contributed by atoms with E-state index in [9.17, 15) is 0 Å².